The summed E-state index contributed by atoms with van der Waals surface area (Å²) in [6, 6.07) is 111. The minimum absolute atomic E-state index is 0.0607. The van der Waals surface area contributed by atoms with E-state index in [0.29, 0.717) is 0 Å². The van der Waals surface area contributed by atoms with Crippen LogP contribution < -0.4 is 47.8 Å². The first-order valence-corrected chi connectivity index (χ1v) is 46.5. The molecule has 0 unspecified atom stereocenters. The second kappa shape index (κ2) is 34.1. The number of anilines is 3. The molecule has 3 nitrogen and oxygen atoms in total. The molecule has 0 aromatic heterocycles. The molecule has 6 aliphatic carbocycles. The van der Waals surface area contributed by atoms with Gasteiger partial charge < -0.3 is 16.0 Å². The Labute approximate surface area is 682 Å². The van der Waals surface area contributed by atoms with Crippen LogP contribution >= 0.6 is 51.1 Å². The van der Waals surface area contributed by atoms with E-state index in [4.69, 9.17) is 0 Å². The Morgan fingerprint density at radius 2 is 0.509 bits per heavy atom. The standard InChI is InChI=1S/C41H42NPS.C37H34NPS.C26H27NS/c1-28-12-8-13-29(2)39(28)43(40-30(3)14-9-15-31(40)4)36-21-11-17-33-23-25-41(38(33)36)24-22-32-16-10-20-35(37(32)41)42-26-27-44-34-18-6-5-7-19-34;1-4-14-30(15-5-1)39(31-16-6-2-7-17-31)34-21-11-13-29-23-25-37(36(29)34)24-22-28-12-10-20-33(35(28)37)38-26-27-40-32-18-8-3-9-19-32;1-19-7-5-8-20-13-15-26(24(19)20)16-14-21-9-6-12-23(25(21)26)27-17-18-28-22-10-3-2-4-11-22/h5-21,42H,22-27H2,1-4H3;1-21,38H,22-27H2;2-12,27H,13-18H2,1H3/t41-;37-;26-/m111/s1. The minimum Gasteiger partial charge on any atom is -0.384 e. The highest BCUT2D eigenvalue weighted by Crippen LogP contribution is 2.60. The van der Waals surface area contributed by atoms with Crippen LogP contribution in [0.15, 0.2) is 312 Å². The van der Waals surface area contributed by atoms with Crippen LogP contribution in [0, 0.1) is 34.6 Å². The summed E-state index contributed by atoms with van der Waals surface area (Å²) in [7, 11) is -1.39. The van der Waals surface area contributed by atoms with Crippen molar-refractivity contribution in [3.8, 4) is 0 Å². The fourth-order valence-corrected chi connectivity index (χ4v) is 28.7. The zero-order valence-corrected chi connectivity index (χ0v) is 69.9. The van der Waals surface area contributed by atoms with Crippen LogP contribution in [0.3, 0.4) is 0 Å². The van der Waals surface area contributed by atoms with E-state index >= 15 is 0 Å². The summed E-state index contributed by atoms with van der Waals surface area (Å²) in [5.41, 5.74) is 30.5. The third-order valence-electron chi connectivity index (χ3n) is 25.0. The smallest absolute Gasteiger partial charge is 0.0384 e. The number of aryl methyl sites for hydroxylation is 11. The van der Waals surface area contributed by atoms with Crippen molar-refractivity contribution >= 4 is 100 Å². The molecule has 0 radical (unpaired) electrons. The van der Waals surface area contributed by atoms with Crippen molar-refractivity contribution in [1.29, 1.82) is 0 Å². The van der Waals surface area contributed by atoms with Crippen LogP contribution in [0.4, 0.5) is 17.1 Å². The third kappa shape index (κ3) is 15.0. The van der Waals surface area contributed by atoms with Crippen LogP contribution in [-0.4, -0.2) is 36.9 Å². The Hall–Kier alpha value is -8.83. The zero-order chi connectivity index (χ0) is 76.0. The molecule has 0 bridgehead atoms. The van der Waals surface area contributed by atoms with Crippen LogP contribution in [0.25, 0.3) is 0 Å². The maximum Gasteiger partial charge on any atom is 0.0384 e. The molecule has 0 heterocycles. The van der Waals surface area contributed by atoms with Crippen molar-refractivity contribution in [3.05, 3.63) is 392 Å². The van der Waals surface area contributed by atoms with Gasteiger partial charge in [0.2, 0.25) is 0 Å². The molecule has 0 saturated heterocycles. The Morgan fingerprint density at radius 1 is 0.250 bits per heavy atom. The normalized spacial score (nSPS) is 17.7. The number of benzene rings is 13. The van der Waals surface area contributed by atoms with Crippen molar-refractivity contribution in [2.24, 2.45) is 0 Å². The zero-order valence-electron chi connectivity index (χ0n) is 65.6. The van der Waals surface area contributed by atoms with Gasteiger partial charge in [-0.2, -0.15) is 0 Å². The van der Waals surface area contributed by atoms with E-state index in [-0.39, 0.29) is 16.2 Å². The van der Waals surface area contributed by atoms with Crippen molar-refractivity contribution < 1.29 is 0 Å². The van der Waals surface area contributed by atoms with E-state index in [0.717, 1.165) is 62.6 Å². The van der Waals surface area contributed by atoms with Gasteiger partial charge in [-0.3, -0.25) is 0 Å². The molecule has 3 atom stereocenters. The first kappa shape index (κ1) is 75.8. The predicted molar refractivity (Wildman–Crippen MR) is 489 cm³/mol. The van der Waals surface area contributed by atoms with Gasteiger partial charge in [-0.15, -0.1) is 35.3 Å². The summed E-state index contributed by atoms with van der Waals surface area (Å²) in [4.78, 5) is 4.02. The molecule has 19 rings (SSSR count). The van der Waals surface area contributed by atoms with Gasteiger partial charge in [0, 0.05) is 84.9 Å². The van der Waals surface area contributed by atoms with Crippen LogP contribution in [0.1, 0.15) is 133 Å². The summed E-state index contributed by atoms with van der Waals surface area (Å²) < 4.78 is 0. The lowest BCUT2D eigenvalue weighted by Gasteiger charge is -2.35. The van der Waals surface area contributed by atoms with Crippen LogP contribution in [0.5, 0.6) is 0 Å². The molecule has 0 saturated carbocycles. The van der Waals surface area contributed by atoms with Crippen LogP contribution in [0.2, 0.25) is 0 Å². The first-order valence-electron chi connectivity index (χ1n) is 40.9. The summed E-state index contributed by atoms with van der Waals surface area (Å²) in [6.07, 6.45) is 14.4. The highest BCUT2D eigenvalue weighted by Gasteiger charge is 2.51. The van der Waals surface area contributed by atoms with Gasteiger partial charge in [0.25, 0.3) is 0 Å². The summed E-state index contributed by atoms with van der Waals surface area (Å²) in [6.45, 7) is 14.5. The lowest BCUT2D eigenvalue weighted by atomic mass is 9.74. The van der Waals surface area contributed by atoms with Gasteiger partial charge in [0.15, 0.2) is 0 Å². The minimum atomic E-state index is -0.736. The number of nitrogens with one attached hydrogen (secondary N) is 3. The molecule has 13 aromatic rings. The molecule has 13 aromatic carbocycles. The lowest BCUT2D eigenvalue weighted by Crippen LogP contribution is -2.34. The van der Waals surface area contributed by atoms with Gasteiger partial charge in [0.1, 0.15) is 0 Å². The monoisotopic (exact) mass is 1550 g/mol. The molecular formula is C104H103N3P2S3. The number of hydrogen-bond acceptors (Lipinski definition) is 6. The second-order valence-electron chi connectivity index (χ2n) is 31.6. The topological polar surface area (TPSA) is 36.1 Å². The van der Waals surface area contributed by atoms with Gasteiger partial charge in [-0.25, -0.2) is 0 Å². The van der Waals surface area contributed by atoms with Crippen molar-refractivity contribution in [1.82, 2.24) is 0 Å². The second-order valence-corrected chi connectivity index (χ2v) is 39.3. The predicted octanol–water partition coefficient (Wildman–Crippen LogP) is 23.3. The number of hydrogen-bond donors (Lipinski definition) is 3. The molecule has 3 spiro atoms. The molecule has 3 N–H and O–H groups in total. The highest BCUT2D eigenvalue weighted by atomic mass is 32.2. The van der Waals surface area contributed by atoms with Gasteiger partial charge in [-0.1, -0.05) is 243 Å². The fraction of sp³-hybridized carbons (Fsp3) is 0.250. The Balaban J connectivity index is 0.000000125. The average molecular weight is 1550 g/mol. The van der Waals surface area contributed by atoms with Gasteiger partial charge in [-0.05, 0) is 309 Å². The molecule has 0 amide bonds. The molecular weight excluding hydrogens is 1450 g/mol. The summed E-state index contributed by atoms with van der Waals surface area (Å²) in [5.74, 6) is 3.18. The molecule has 0 fully saturated rings. The number of rotatable bonds is 21. The summed E-state index contributed by atoms with van der Waals surface area (Å²) in [5, 5.41) is 20.7. The van der Waals surface area contributed by atoms with Gasteiger partial charge in [0.05, 0.1) is 0 Å². The molecule has 112 heavy (non-hydrogen) atoms. The number of fused-ring (bicyclic) bond motifs is 12. The third-order valence-corrected chi connectivity index (χ3v) is 33.7. The van der Waals surface area contributed by atoms with E-state index in [1.165, 1.54) is 143 Å². The first-order chi connectivity index (χ1) is 55.1. The van der Waals surface area contributed by atoms with E-state index in [1.54, 1.807) is 66.2 Å². The molecule has 8 heteroatoms. The lowest BCUT2D eigenvalue weighted by molar-refractivity contribution is 0.506. The quantitative estimate of drug-likeness (QED) is 0.0378. The summed E-state index contributed by atoms with van der Waals surface area (Å²) >= 11 is 5.78. The van der Waals surface area contributed by atoms with Crippen molar-refractivity contribution in [2.45, 2.75) is 143 Å². The largest absolute Gasteiger partial charge is 0.384 e. The fourth-order valence-electron chi connectivity index (χ4n) is 20.5. The Bertz CT molecular complexity index is 5340. The van der Waals surface area contributed by atoms with E-state index < -0.39 is 15.8 Å². The maximum absolute atomic E-state index is 3.93. The Morgan fingerprint density at radius 3 is 0.848 bits per heavy atom. The van der Waals surface area contributed by atoms with E-state index in [2.05, 4.69) is 348 Å². The van der Waals surface area contributed by atoms with E-state index in [9.17, 15) is 0 Å². The van der Waals surface area contributed by atoms with Crippen molar-refractivity contribution in [2.75, 3.05) is 52.8 Å². The molecule has 562 valence electrons. The SMILES string of the molecule is Cc1cccc(C)c1P(c1cccc2c1[C@]1(CCc3cccc(NCCSc4ccccc4)c31)CC2)c1c(C)cccc1C.Cc1cccc2c1[C@@]1(CC2)CCc2cccc(NCCSc3ccccc3)c21.c1ccc(SCCNc2cccc3c2[C@@]2(CC3)CCc3cccc(P(c4ccccc4)c4ccccc4)c32)cc1. The van der Waals surface area contributed by atoms with Crippen molar-refractivity contribution in [3.63, 3.8) is 0 Å². The van der Waals surface area contributed by atoms with Crippen LogP contribution in [-0.2, 0) is 54.8 Å². The number of thioether (sulfide) groups is 3. The van der Waals surface area contributed by atoms with E-state index in [1.807, 2.05) is 35.3 Å². The maximum atomic E-state index is 3.93. The Kier molecular flexibility index (Phi) is 23.1. The molecule has 0 aliphatic heterocycles. The molecule has 6 aliphatic rings. The van der Waals surface area contributed by atoms with Gasteiger partial charge >= 0.3 is 0 Å². The highest BCUT2D eigenvalue weighted by molar-refractivity contribution is 7.99. The average Bonchev–Trinajstić information content (AvgIpc) is 1.52.